The summed E-state index contributed by atoms with van der Waals surface area (Å²) < 4.78 is 11.5. The smallest absolute Gasteiger partial charge is 0.159 e. The lowest BCUT2D eigenvalue weighted by molar-refractivity contribution is 0.100. The maximum Gasteiger partial charge on any atom is 0.159 e. The Morgan fingerprint density at radius 2 is 1.08 bits per heavy atom. The lowest BCUT2D eigenvalue weighted by Crippen LogP contribution is -2.08. The maximum absolute atomic E-state index is 11.2. The van der Waals surface area contributed by atoms with Gasteiger partial charge in [0.1, 0.15) is 11.5 Å². The van der Waals surface area contributed by atoms with Crippen molar-refractivity contribution in [3.63, 3.8) is 0 Å². The van der Waals surface area contributed by atoms with Crippen molar-refractivity contribution in [3.8, 4) is 11.5 Å². The van der Waals surface area contributed by atoms with E-state index in [9.17, 15) is 9.59 Å². The number of carbonyl (C=O) groups excluding carboxylic acids is 2. The van der Waals surface area contributed by atoms with Crippen LogP contribution in [0.1, 0.15) is 54.3 Å². The van der Waals surface area contributed by atoms with Gasteiger partial charge in [0.2, 0.25) is 0 Å². The molecule has 0 bridgehead atoms. The van der Waals surface area contributed by atoms with E-state index in [4.69, 9.17) is 9.47 Å². The van der Waals surface area contributed by atoms with Crippen LogP contribution in [0.15, 0.2) is 48.5 Å². The standard InChI is InChI=1S/C22H26O4/c1-16(12-14-25-21-8-4-19(5-9-21)17(2)23)13-15-26-22-10-6-20(7-11-22)18(3)24/h4-11,16H,12-15H2,1-3H3. The van der Waals surface area contributed by atoms with Gasteiger partial charge in [-0.15, -0.1) is 0 Å². The molecular weight excluding hydrogens is 328 g/mol. The van der Waals surface area contributed by atoms with Gasteiger partial charge in [-0.05, 0) is 81.1 Å². The van der Waals surface area contributed by atoms with Crippen molar-refractivity contribution < 1.29 is 19.1 Å². The summed E-state index contributed by atoms with van der Waals surface area (Å²) >= 11 is 0. The van der Waals surface area contributed by atoms with Gasteiger partial charge in [0.05, 0.1) is 13.2 Å². The van der Waals surface area contributed by atoms with Crippen molar-refractivity contribution in [2.45, 2.75) is 33.6 Å². The molecule has 0 heterocycles. The number of ether oxygens (including phenoxy) is 2. The molecule has 0 aliphatic carbocycles. The molecule has 0 spiro atoms. The van der Waals surface area contributed by atoms with Crippen LogP contribution in [0.3, 0.4) is 0 Å². The summed E-state index contributed by atoms with van der Waals surface area (Å²) in [6.45, 7) is 6.54. The molecule has 0 aliphatic rings. The Morgan fingerprint density at radius 3 is 1.38 bits per heavy atom. The Labute approximate surface area is 155 Å². The highest BCUT2D eigenvalue weighted by Gasteiger charge is 2.05. The number of hydrogen-bond acceptors (Lipinski definition) is 4. The lowest BCUT2D eigenvalue weighted by Gasteiger charge is -2.13. The summed E-state index contributed by atoms with van der Waals surface area (Å²) in [4.78, 5) is 22.5. The number of benzene rings is 2. The first-order chi connectivity index (χ1) is 12.5. The summed E-state index contributed by atoms with van der Waals surface area (Å²) in [5, 5.41) is 0. The van der Waals surface area contributed by atoms with Crippen molar-refractivity contribution in [2.24, 2.45) is 5.92 Å². The topological polar surface area (TPSA) is 52.6 Å². The van der Waals surface area contributed by atoms with E-state index < -0.39 is 0 Å². The van der Waals surface area contributed by atoms with Gasteiger partial charge in [-0.3, -0.25) is 9.59 Å². The van der Waals surface area contributed by atoms with Crippen LogP contribution < -0.4 is 9.47 Å². The predicted molar refractivity (Wildman–Crippen MR) is 102 cm³/mol. The Hall–Kier alpha value is -2.62. The van der Waals surface area contributed by atoms with Gasteiger partial charge in [-0.2, -0.15) is 0 Å². The van der Waals surface area contributed by atoms with Crippen molar-refractivity contribution in [2.75, 3.05) is 13.2 Å². The number of ketones is 2. The van der Waals surface area contributed by atoms with Crippen LogP contribution in [-0.4, -0.2) is 24.8 Å². The first-order valence-electron chi connectivity index (χ1n) is 8.93. The van der Waals surface area contributed by atoms with E-state index in [0.717, 1.165) is 24.3 Å². The van der Waals surface area contributed by atoms with Gasteiger partial charge in [0.25, 0.3) is 0 Å². The zero-order chi connectivity index (χ0) is 18.9. The number of hydrogen-bond donors (Lipinski definition) is 0. The molecule has 0 atom stereocenters. The van der Waals surface area contributed by atoms with Crippen molar-refractivity contribution in [1.29, 1.82) is 0 Å². The van der Waals surface area contributed by atoms with Crippen LogP contribution in [0.2, 0.25) is 0 Å². The monoisotopic (exact) mass is 354 g/mol. The number of carbonyl (C=O) groups is 2. The van der Waals surface area contributed by atoms with Gasteiger partial charge in [-0.1, -0.05) is 6.92 Å². The molecule has 0 saturated carbocycles. The third kappa shape index (κ3) is 6.36. The summed E-state index contributed by atoms with van der Waals surface area (Å²) in [6, 6.07) is 14.5. The van der Waals surface area contributed by atoms with Gasteiger partial charge < -0.3 is 9.47 Å². The minimum atomic E-state index is 0.0566. The molecule has 0 aromatic heterocycles. The fourth-order valence-corrected chi connectivity index (χ4v) is 2.47. The molecule has 138 valence electrons. The Kier molecular flexibility index (Phi) is 7.39. The van der Waals surface area contributed by atoms with E-state index >= 15 is 0 Å². The maximum atomic E-state index is 11.2. The van der Waals surface area contributed by atoms with Crippen LogP contribution >= 0.6 is 0 Å². The molecule has 0 aliphatic heterocycles. The van der Waals surface area contributed by atoms with Crippen LogP contribution in [-0.2, 0) is 0 Å². The van der Waals surface area contributed by atoms with E-state index in [0.29, 0.717) is 30.3 Å². The molecule has 2 aromatic carbocycles. The Balaban J connectivity index is 1.64. The predicted octanol–water partition coefficient (Wildman–Crippen LogP) is 4.97. The molecule has 2 aromatic rings. The highest BCUT2D eigenvalue weighted by molar-refractivity contribution is 5.94. The second-order valence-corrected chi connectivity index (χ2v) is 6.54. The van der Waals surface area contributed by atoms with Crippen LogP contribution in [0.5, 0.6) is 11.5 Å². The third-order valence-electron chi connectivity index (χ3n) is 4.28. The van der Waals surface area contributed by atoms with Gasteiger partial charge >= 0.3 is 0 Å². The van der Waals surface area contributed by atoms with E-state index in [1.165, 1.54) is 0 Å². The average molecular weight is 354 g/mol. The molecule has 0 fully saturated rings. The fraction of sp³-hybridized carbons (Fsp3) is 0.364. The quantitative estimate of drug-likeness (QED) is 0.566. The van der Waals surface area contributed by atoms with Gasteiger partial charge in [0.15, 0.2) is 11.6 Å². The molecule has 0 radical (unpaired) electrons. The normalized spacial score (nSPS) is 10.6. The van der Waals surface area contributed by atoms with Crippen molar-refractivity contribution in [1.82, 2.24) is 0 Å². The lowest BCUT2D eigenvalue weighted by atomic mass is 10.1. The average Bonchev–Trinajstić information content (AvgIpc) is 2.62. The summed E-state index contributed by atoms with van der Waals surface area (Å²) in [5.74, 6) is 2.15. The van der Waals surface area contributed by atoms with E-state index in [1.807, 2.05) is 24.3 Å². The van der Waals surface area contributed by atoms with Gasteiger partial charge in [0, 0.05) is 11.1 Å². The number of Topliss-reactive ketones (excluding diaryl/α,β-unsaturated/α-hetero) is 2. The van der Waals surface area contributed by atoms with Crippen LogP contribution in [0.25, 0.3) is 0 Å². The van der Waals surface area contributed by atoms with Crippen molar-refractivity contribution in [3.05, 3.63) is 59.7 Å². The largest absolute Gasteiger partial charge is 0.494 e. The van der Waals surface area contributed by atoms with Gasteiger partial charge in [-0.25, -0.2) is 0 Å². The second-order valence-electron chi connectivity index (χ2n) is 6.54. The molecular formula is C22H26O4. The highest BCUT2D eigenvalue weighted by Crippen LogP contribution is 2.16. The second kappa shape index (κ2) is 9.76. The molecule has 0 amide bonds. The molecule has 0 saturated heterocycles. The molecule has 26 heavy (non-hydrogen) atoms. The zero-order valence-electron chi connectivity index (χ0n) is 15.7. The first kappa shape index (κ1) is 19.7. The van der Waals surface area contributed by atoms with E-state index in [-0.39, 0.29) is 11.6 Å². The van der Waals surface area contributed by atoms with Crippen LogP contribution in [0, 0.1) is 5.92 Å². The fourth-order valence-electron chi connectivity index (χ4n) is 2.47. The minimum absolute atomic E-state index is 0.0566. The molecule has 0 unspecified atom stereocenters. The van der Waals surface area contributed by atoms with E-state index in [2.05, 4.69) is 6.92 Å². The molecule has 4 nitrogen and oxygen atoms in total. The molecule has 4 heteroatoms. The Morgan fingerprint density at radius 1 is 0.731 bits per heavy atom. The van der Waals surface area contributed by atoms with Crippen molar-refractivity contribution >= 4 is 11.6 Å². The Bertz CT molecular complexity index is 653. The summed E-state index contributed by atoms with van der Waals surface area (Å²) in [6.07, 6.45) is 1.86. The van der Waals surface area contributed by atoms with Crippen LogP contribution in [0.4, 0.5) is 0 Å². The van der Waals surface area contributed by atoms with E-state index in [1.54, 1.807) is 38.1 Å². The zero-order valence-corrected chi connectivity index (χ0v) is 15.7. The highest BCUT2D eigenvalue weighted by atomic mass is 16.5. The minimum Gasteiger partial charge on any atom is -0.494 e. The summed E-state index contributed by atoms with van der Waals surface area (Å²) in [7, 11) is 0. The summed E-state index contributed by atoms with van der Waals surface area (Å²) in [5.41, 5.74) is 1.39. The first-order valence-corrected chi connectivity index (χ1v) is 8.93. The molecule has 0 N–H and O–H groups in total. The number of rotatable bonds is 10. The SMILES string of the molecule is CC(=O)c1ccc(OCCC(C)CCOc2ccc(C(C)=O)cc2)cc1. The molecule has 2 rings (SSSR count). The third-order valence-corrected chi connectivity index (χ3v) is 4.28.